The zero-order valence-corrected chi connectivity index (χ0v) is 18.5. The van der Waals surface area contributed by atoms with Crippen molar-refractivity contribution >= 4 is 0 Å². The summed E-state index contributed by atoms with van der Waals surface area (Å²) in [6.07, 6.45) is 8.38. The molecular formula is C25H36N2O2. The fraction of sp³-hybridized carbons (Fsp3) is 0.600. The molecule has 1 aliphatic carbocycles. The number of rotatable bonds is 9. The lowest BCUT2D eigenvalue weighted by molar-refractivity contribution is 0.219. The largest absolute Gasteiger partial charge is 0.494 e. The third kappa shape index (κ3) is 6.19. The van der Waals surface area contributed by atoms with Gasteiger partial charge in [-0.05, 0) is 63.1 Å². The van der Waals surface area contributed by atoms with Crippen LogP contribution >= 0.6 is 0 Å². The van der Waals surface area contributed by atoms with Crippen molar-refractivity contribution in [3.8, 4) is 11.8 Å². The highest BCUT2D eigenvalue weighted by Gasteiger charge is 2.25. The molecule has 0 amide bonds. The van der Waals surface area contributed by atoms with Crippen LogP contribution in [0.3, 0.4) is 0 Å². The SMILES string of the molecule is CC(C)Oc1nc(C(C)C)c(CCCOc2ccccc2)c(C2CCCCC2)n1. The summed E-state index contributed by atoms with van der Waals surface area (Å²) in [6, 6.07) is 10.6. The molecule has 0 radical (unpaired) electrons. The second-order valence-corrected chi connectivity index (χ2v) is 8.68. The summed E-state index contributed by atoms with van der Waals surface area (Å²) >= 11 is 0. The van der Waals surface area contributed by atoms with E-state index in [0.717, 1.165) is 24.3 Å². The second kappa shape index (κ2) is 10.6. The lowest BCUT2D eigenvalue weighted by Gasteiger charge is -2.26. The van der Waals surface area contributed by atoms with Crippen molar-refractivity contribution in [1.29, 1.82) is 0 Å². The summed E-state index contributed by atoms with van der Waals surface area (Å²) in [5.41, 5.74) is 3.72. The fourth-order valence-corrected chi connectivity index (χ4v) is 4.16. The monoisotopic (exact) mass is 396 g/mol. The molecule has 1 saturated carbocycles. The van der Waals surface area contributed by atoms with Crippen molar-refractivity contribution in [2.75, 3.05) is 6.61 Å². The van der Waals surface area contributed by atoms with E-state index >= 15 is 0 Å². The first-order chi connectivity index (χ1) is 14.0. The van der Waals surface area contributed by atoms with Gasteiger partial charge in [0.1, 0.15) is 5.75 Å². The second-order valence-electron chi connectivity index (χ2n) is 8.68. The van der Waals surface area contributed by atoms with Crippen LogP contribution in [0.4, 0.5) is 0 Å². The zero-order chi connectivity index (χ0) is 20.6. The van der Waals surface area contributed by atoms with E-state index in [2.05, 4.69) is 13.8 Å². The van der Waals surface area contributed by atoms with Gasteiger partial charge in [-0.15, -0.1) is 0 Å². The number of hydrogen-bond acceptors (Lipinski definition) is 4. The molecule has 4 nitrogen and oxygen atoms in total. The molecule has 0 bridgehead atoms. The quantitative estimate of drug-likeness (QED) is 0.457. The molecule has 1 fully saturated rings. The Morgan fingerprint density at radius 2 is 1.69 bits per heavy atom. The van der Waals surface area contributed by atoms with Crippen LogP contribution in [0.1, 0.15) is 95.0 Å². The molecule has 2 aromatic rings. The summed E-state index contributed by atoms with van der Waals surface area (Å²) < 4.78 is 11.9. The van der Waals surface area contributed by atoms with Crippen molar-refractivity contribution in [2.24, 2.45) is 0 Å². The van der Waals surface area contributed by atoms with Crippen LogP contribution in [0.25, 0.3) is 0 Å². The van der Waals surface area contributed by atoms with E-state index in [0.29, 0.717) is 24.5 Å². The van der Waals surface area contributed by atoms with Gasteiger partial charge in [0.25, 0.3) is 0 Å². The van der Waals surface area contributed by atoms with Crippen LogP contribution < -0.4 is 9.47 Å². The third-order valence-corrected chi connectivity index (χ3v) is 5.51. The van der Waals surface area contributed by atoms with Crippen LogP contribution in [-0.4, -0.2) is 22.7 Å². The van der Waals surface area contributed by atoms with Gasteiger partial charge in [0, 0.05) is 5.92 Å². The molecule has 0 unspecified atom stereocenters. The van der Waals surface area contributed by atoms with Gasteiger partial charge >= 0.3 is 6.01 Å². The van der Waals surface area contributed by atoms with Crippen molar-refractivity contribution in [1.82, 2.24) is 9.97 Å². The summed E-state index contributed by atoms with van der Waals surface area (Å²) in [5, 5.41) is 0. The standard InChI is InChI=1S/C25H36N2O2/c1-18(2)23-22(16-11-17-28-21-14-9-6-10-15-21)24(20-12-7-5-8-13-20)27-25(26-23)29-19(3)4/h6,9-10,14-15,18-20H,5,7-8,11-13,16-17H2,1-4H3. The first kappa shape index (κ1) is 21.6. The average molecular weight is 397 g/mol. The highest BCUT2D eigenvalue weighted by atomic mass is 16.5. The van der Waals surface area contributed by atoms with E-state index in [4.69, 9.17) is 19.4 Å². The summed E-state index contributed by atoms with van der Waals surface area (Å²) in [5.74, 6) is 1.81. The Bertz CT molecular complexity index is 753. The van der Waals surface area contributed by atoms with Crippen LogP contribution in [0.5, 0.6) is 11.8 Å². The van der Waals surface area contributed by atoms with Crippen LogP contribution in [0.15, 0.2) is 30.3 Å². The summed E-state index contributed by atoms with van der Waals surface area (Å²) in [6.45, 7) is 9.21. The molecule has 1 aliphatic rings. The van der Waals surface area contributed by atoms with Gasteiger partial charge in [-0.3, -0.25) is 0 Å². The Balaban J connectivity index is 1.81. The molecular weight excluding hydrogens is 360 g/mol. The van der Waals surface area contributed by atoms with Crippen LogP contribution in [0.2, 0.25) is 0 Å². The maximum absolute atomic E-state index is 5.93. The molecule has 1 aromatic carbocycles. The highest BCUT2D eigenvalue weighted by Crippen LogP contribution is 2.36. The molecule has 0 saturated heterocycles. The van der Waals surface area contributed by atoms with E-state index in [1.54, 1.807) is 0 Å². The van der Waals surface area contributed by atoms with Gasteiger partial charge in [0.2, 0.25) is 0 Å². The topological polar surface area (TPSA) is 44.2 Å². The number of benzene rings is 1. The highest BCUT2D eigenvalue weighted by molar-refractivity contribution is 5.33. The summed E-state index contributed by atoms with van der Waals surface area (Å²) in [7, 11) is 0. The van der Waals surface area contributed by atoms with E-state index in [9.17, 15) is 0 Å². The molecule has 1 heterocycles. The Labute approximate surface area is 176 Å². The number of aromatic nitrogens is 2. The first-order valence-corrected chi connectivity index (χ1v) is 11.3. The van der Waals surface area contributed by atoms with E-state index < -0.39 is 0 Å². The van der Waals surface area contributed by atoms with E-state index in [-0.39, 0.29) is 6.10 Å². The minimum Gasteiger partial charge on any atom is -0.494 e. The third-order valence-electron chi connectivity index (χ3n) is 5.51. The molecule has 0 spiro atoms. The number of ether oxygens (including phenoxy) is 2. The Morgan fingerprint density at radius 3 is 2.34 bits per heavy atom. The minimum absolute atomic E-state index is 0.0827. The van der Waals surface area contributed by atoms with Crippen molar-refractivity contribution in [2.45, 2.75) is 90.6 Å². The Hall–Kier alpha value is -2.10. The maximum Gasteiger partial charge on any atom is 0.317 e. The van der Waals surface area contributed by atoms with Gasteiger partial charge in [-0.1, -0.05) is 51.3 Å². The first-order valence-electron chi connectivity index (χ1n) is 11.3. The molecule has 158 valence electrons. The lowest BCUT2D eigenvalue weighted by Crippen LogP contribution is -2.18. The predicted molar refractivity (Wildman–Crippen MR) is 118 cm³/mol. The molecule has 0 N–H and O–H groups in total. The van der Waals surface area contributed by atoms with Crippen molar-refractivity contribution in [3.63, 3.8) is 0 Å². The van der Waals surface area contributed by atoms with Gasteiger partial charge in [0.15, 0.2) is 0 Å². The van der Waals surface area contributed by atoms with Crippen LogP contribution in [0, 0.1) is 0 Å². The lowest BCUT2D eigenvalue weighted by atomic mass is 9.83. The zero-order valence-electron chi connectivity index (χ0n) is 18.5. The van der Waals surface area contributed by atoms with E-state index in [1.807, 2.05) is 44.2 Å². The molecule has 3 rings (SSSR count). The average Bonchev–Trinajstić information content (AvgIpc) is 2.72. The summed E-state index contributed by atoms with van der Waals surface area (Å²) in [4.78, 5) is 9.77. The van der Waals surface area contributed by atoms with Gasteiger partial charge in [0.05, 0.1) is 24.1 Å². The minimum atomic E-state index is 0.0827. The van der Waals surface area contributed by atoms with Crippen molar-refractivity contribution < 1.29 is 9.47 Å². The Morgan fingerprint density at radius 1 is 0.966 bits per heavy atom. The molecule has 1 aromatic heterocycles. The van der Waals surface area contributed by atoms with Gasteiger partial charge in [-0.2, -0.15) is 9.97 Å². The predicted octanol–water partition coefficient (Wildman–Crippen LogP) is 6.45. The number of hydrogen-bond donors (Lipinski definition) is 0. The van der Waals surface area contributed by atoms with Crippen molar-refractivity contribution in [3.05, 3.63) is 47.3 Å². The van der Waals surface area contributed by atoms with Gasteiger partial charge in [-0.25, -0.2) is 0 Å². The molecule has 4 heteroatoms. The molecule has 0 aliphatic heterocycles. The normalized spacial score (nSPS) is 15.1. The smallest absolute Gasteiger partial charge is 0.317 e. The Kier molecular flexibility index (Phi) is 7.91. The number of para-hydroxylation sites is 1. The molecule has 29 heavy (non-hydrogen) atoms. The molecule has 0 atom stereocenters. The van der Waals surface area contributed by atoms with E-state index in [1.165, 1.54) is 43.4 Å². The van der Waals surface area contributed by atoms with Gasteiger partial charge < -0.3 is 9.47 Å². The van der Waals surface area contributed by atoms with Crippen LogP contribution in [-0.2, 0) is 6.42 Å². The maximum atomic E-state index is 5.93. The number of nitrogens with zero attached hydrogens (tertiary/aromatic N) is 2. The fourth-order valence-electron chi connectivity index (χ4n) is 4.16.